The molecular weight excluding hydrogens is 346 g/mol. The van der Waals surface area contributed by atoms with E-state index in [0.717, 1.165) is 0 Å². The molecule has 0 bridgehead atoms. The fraction of sp³-hybridized carbons (Fsp3) is 0.280. The Morgan fingerprint density at radius 1 is 0.852 bits per heavy atom. The number of benzene rings is 3. The molecule has 1 saturated carbocycles. The smallest absolute Gasteiger partial charge is 0.0670 e. The van der Waals surface area contributed by atoms with E-state index in [1.807, 2.05) is 11.3 Å². The second-order valence-electron chi connectivity index (χ2n) is 8.08. The van der Waals surface area contributed by atoms with E-state index >= 15 is 0 Å². The number of fused-ring (bicyclic) bond motifs is 7. The molecule has 134 valence electrons. The maximum absolute atomic E-state index is 2.55. The van der Waals surface area contributed by atoms with Crippen LogP contribution in [-0.4, -0.2) is 4.57 Å². The Kier molecular flexibility index (Phi) is 3.40. The minimum Gasteiger partial charge on any atom is -0.342 e. The summed E-state index contributed by atoms with van der Waals surface area (Å²) in [7, 11) is 2.23. The quantitative estimate of drug-likeness (QED) is 0.285. The van der Waals surface area contributed by atoms with Crippen molar-refractivity contribution in [3.63, 3.8) is 0 Å². The molecule has 0 spiro atoms. The highest BCUT2D eigenvalue weighted by Crippen LogP contribution is 2.47. The summed E-state index contributed by atoms with van der Waals surface area (Å²) in [5.41, 5.74) is 4.35. The lowest BCUT2D eigenvalue weighted by atomic mass is 9.82. The summed E-state index contributed by atoms with van der Waals surface area (Å²) in [5.74, 6) is 0.711. The van der Waals surface area contributed by atoms with Crippen molar-refractivity contribution in [2.24, 2.45) is 7.05 Å². The van der Waals surface area contributed by atoms with Crippen molar-refractivity contribution >= 4 is 53.3 Å². The van der Waals surface area contributed by atoms with E-state index in [-0.39, 0.29) is 0 Å². The van der Waals surface area contributed by atoms with E-state index in [0.29, 0.717) is 5.92 Å². The largest absolute Gasteiger partial charge is 0.342 e. The molecule has 2 aromatic heterocycles. The molecule has 0 aliphatic heterocycles. The molecule has 1 nitrogen and oxygen atoms in total. The molecule has 0 unspecified atom stereocenters. The molecule has 1 aliphatic rings. The predicted molar refractivity (Wildman–Crippen MR) is 119 cm³/mol. The van der Waals surface area contributed by atoms with Crippen LogP contribution < -0.4 is 0 Å². The van der Waals surface area contributed by atoms with Gasteiger partial charge in [0.2, 0.25) is 0 Å². The van der Waals surface area contributed by atoms with Crippen molar-refractivity contribution in [3.05, 3.63) is 60.2 Å². The molecule has 0 N–H and O–H groups in total. The zero-order chi connectivity index (χ0) is 18.0. The third-order valence-corrected chi connectivity index (χ3v) is 7.77. The lowest BCUT2D eigenvalue weighted by molar-refractivity contribution is 0.446. The van der Waals surface area contributed by atoms with Crippen molar-refractivity contribution in [1.82, 2.24) is 4.57 Å². The monoisotopic (exact) mass is 369 g/mol. The van der Waals surface area contributed by atoms with Crippen molar-refractivity contribution in [1.29, 1.82) is 0 Å². The van der Waals surface area contributed by atoms with E-state index in [2.05, 4.69) is 66.2 Å². The van der Waals surface area contributed by atoms with E-state index in [1.54, 1.807) is 5.56 Å². The fourth-order valence-electron chi connectivity index (χ4n) is 5.31. The van der Waals surface area contributed by atoms with Gasteiger partial charge >= 0.3 is 0 Å². The molecule has 27 heavy (non-hydrogen) atoms. The third-order valence-electron chi connectivity index (χ3n) is 6.59. The van der Waals surface area contributed by atoms with Crippen LogP contribution in [-0.2, 0) is 7.05 Å². The summed E-state index contributed by atoms with van der Waals surface area (Å²) >= 11 is 1.98. The van der Waals surface area contributed by atoms with Gasteiger partial charge in [-0.1, -0.05) is 55.7 Å². The lowest BCUT2D eigenvalue weighted by Crippen LogP contribution is -2.05. The van der Waals surface area contributed by atoms with Gasteiger partial charge in [0.25, 0.3) is 0 Å². The summed E-state index contributed by atoms with van der Waals surface area (Å²) in [4.78, 5) is 0. The van der Waals surface area contributed by atoms with Gasteiger partial charge in [-0.25, -0.2) is 0 Å². The van der Waals surface area contributed by atoms with E-state index in [1.165, 1.54) is 74.1 Å². The second-order valence-corrected chi connectivity index (χ2v) is 9.13. The van der Waals surface area contributed by atoms with Gasteiger partial charge in [0.1, 0.15) is 0 Å². The average Bonchev–Trinajstić information content (AvgIpc) is 3.24. The number of aromatic nitrogens is 1. The fourth-order valence-corrected chi connectivity index (χ4v) is 6.63. The SMILES string of the molecule is Cn1c2ccccc2c2cc(C3CCCCC3)c3c4ccccc4sc3c21. The van der Waals surface area contributed by atoms with Gasteiger partial charge in [-0.05, 0) is 42.5 Å². The summed E-state index contributed by atoms with van der Waals surface area (Å²) < 4.78 is 5.31. The molecule has 1 fully saturated rings. The Balaban J connectivity index is 1.84. The van der Waals surface area contributed by atoms with Crippen LogP contribution in [0.1, 0.15) is 43.6 Å². The Hall–Kier alpha value is -2.32. The van der Waals surface area contributed by atoms with Gasteiger partial charge in [0.15, 0.2) is 0 Å². The van der Waals surface area contributed by atoms with E-state index < -0.39 is 0 Å². The van der Waals surface area contributed by atoms with Crippen molar-refractivity contribution in [2.45, 2.75) is 38.0 Å². The molecule has 2 heterocycles. The summed E-state index contributed by atoms with van der Waals surface area (Å²) in [6.45, 7) is 0. The van der Waals surface area contributed by atoms with Crippen molar-refractivity contribution in [2.75, 3.05) is 0 Å². The molecule has 5 aromatic rings. The number of hydrogen-bond donors (Lipinski definition) is 0. The van der Waals surface area contributed by atoms with Crippen LogP contribution >= 0.6 is 11.3 Å². The summed E-state index contributed by atoms with van der Waals surface area (Å²) in [6, 6.07) is 20.4. The van der Waals surface area contributed by atoms with Gasteiger partial charge in [0, 0.05) is 38.8 Å². The maximum Gasteiger partial charge on any atom is 0.0670 e. The topological polar surface area (TPSA) is 4.93 Å². The van der Waals surface area contributed by atoms with Crippen LogP contribution in [0.25, 0.3) is 42.0 Å². The first-order valence-corrected chi connectivity index (χ1v) is 11.0. The first-order valence-electron chi connectivity index (χ1n) is 10.1. The van der Waals surface area contributed by atoms with Crippen LogP contribution in [0.4, 0.5) is 0 Å². The van der Waals surface area contributed by atoms with Crippen molar-refractivity contribution < 1.29 is 0 Å². The van der Waals surface area contributed by atoms with Gasteiger partial charge < -0.3 is 4.57 Å². The summed E-state index contributed by atoms with van der Waals surface area (Å²) in [5, 5.41) is 5.81. The van der Waals surface area contributed by atoms with Crippen LogP contribution in [0.5, 0.6) is 0 Å². The summed E-state index contributed by atoms with van der Waals surface area (Å²) in [6.07, 6.45) is 6.84. The van der Waals surface area contributed by atoms with Crippen LogP contribution in [0.15, 0.2) is 54.6 Å². The molecule has 1 aliphatic carbocycles. The second kappa shape index (κ2) is 5.84. The van der Waals surface area contributed by atoms with Gasteiger partial charge in [-0.3, -0.25) is 0 Å². The predicted octanol–water partition coefficient (Wildman–Crippen LogP) is 7.75. The number of thiophene rings is 1. The lowest BCUT2D eigenvalue weighted by Gasteiger charge is -2.23. The highest BCUT2D eigenvalue weighted by atomic mass is 32.1. The molecule has 6 rings (SSSR count). The van der Waals surface area contributed by atoms with Crippen LogP contribution in [0.2, 0.25) is 0 Å². The zero-order valence-corrected chi connectivity index (χ0v) is 16.5. The number of para-hydroxylation sites is 1. The third kappa shape index (κ3) is 2.17. The zero-order valence-electron chi connectivity index (χ0n) is 15.7. The number of rotatable bonds is 1. The molecule has 0 saturated heterocycles. The minimum absolute atomic E-state index is 0.711. The number of aryl methyl sites for hydroxylation is 1. The molecular formula is C25H23NS. The highest BCUT2D eigenvalue weighted by molar-refractivity contribution is 7.26. The average molecular weight is 370 g/mol. The Morgan fingerprint density at radius 3 is 2.44 bits per heavy atom. The highest BCUT2D eigenvalue weighted by Gasteiger charge is 2.23. The van der Waals surface area contributed by atoms with Gasteiger partial charge in [-0.2, -0.15) is 0 Å². The maximum atomic E-state index is 2.55. The van der Waals surface area contributed by atoms with Crippen LogP contribution in [0, 0.1) is 0 Å². The van der Waals surface area contributed by atoms with Gasteiger partial charge in [0.05, 0.1) is 10.2 Å². The standard InChI is InChI=1S/C25H23NS/c1-26-21-13-7-5-11-17(21)20-15-19(16-9-3-2-4-10-16)23-18-12-6-8-14-22(18)27-25(23)24(20)26/h5-8,11-16H,2-4,9-10H2,1H3. The first-order chi connectivity index (χ1) is 13.3. The molecule has 2 heteroatoms. The number of hydrogen-bond acceptors (Lipinski definition) is 1. The Morgan fingerprint density at radius 2 is 1.59 bits per heavy atom. The molecule has 0 atom stereocenters. The minimum atomic E-state index is 0.711. The van der Waals surface area contributed by atoms with Crippen LogP contribution in [0.3, 0.4) is 0 Å². The molecule has 0 amide bonds. The van der Waals surface area contributed by atoms with Gasteiger partial charge in [-0.15, -0.1) is 11.3 Å². The van der Waals surface area contributed by atoms with E-state index in [9.17, 15) is 0 Å². The van der Waals surface area contributed by atoms with Crippen molar-refractivity contribution in [3.8, 4) is 0 Å². The van der Waals surface area contributed by atoms with E-state index in [4.69, 9.17) is 0 Å². The normalized spacial score (nSPS) is 16.2. The molecule has 3 aromatic carbocycles. The first kappa shape index (κ1) is 15.7. The molecule has 0 radical (unpaired) electrons. The number of nitrogens with zero attached hydrogens (tertiary/aromatic N) is 1. The Bertz CT molecular complexity index is 1310. The Labute approximate surface area is 163 Å².